The molecule has 1 aromatic carbocycles. The SMILES string of the molecule is CC(N)C1CCCN(S(=O)(=O)N(C)Cc2ccc(Cl)cc2)C1. The highest BCUT2D eigenvalue weighted by Crippen LogP contribution is 2.23. The van der Waals surface area contributed by atoms with Crippen molar-refractivity contribution in [2.24, 2.45) is 11.7 Å². The molecule has 2 unspecified atom stereocenters. The van der Waals surface area contributed by atoms with Crippen molar-refractivity contribution in [2.45, 2.75) is 32.4 Å². The Morgan fingerprint density at radius 3 is 2.64 bits per heavy atom. The van der Waals surface area contributed by atoms with E-state index in [0.29, 0.717) is 24.7 Å². The first-order valence-corrected chi connectivity index (χ1v) is 9.29. The first kappa shape index (κ1) is 17.7. The molecule has 0 aromatic heterocycles. The summed E-state index contributed by atoms with van der Waals surface area (Å²) < 4.78 is 28.4. The predicted molar refractivity (Wildman–Crippen MR) is 89.8 cm³/mol. The van der Waals surface area contributed by atoms with Crippen molar-refractivity contribution >= 4 is 21.8 Å². The van der Waals surface area contributed by atoms with E-state index in [2.05, 4.69) is 0 Å². The summed E-state index contributed by atoms with van der Waals surface area (Å²) in [5.41, 5.74) is 6.85. The Bertz CT molecular complexity index is 589. The number of piperidine rings is 1. The third-order valence-corrected chi connectivity index (χ3v) is 6.36. The smallest absolute Gasteiger partial charge is 0.282 e. The molecule has 1 aromatic rings. The maximum atomic E-state index is 12.7. The van der Waals surface area contributed by atoms with Crippen LogP contribution >= 0.6 is 11.6 Å². The minimum Gasteiger partial charge on any atom is -0.328 e. The van der Waals surface area contributed by atoms with Crippen molar-refractivity contribution in [1.82, 2.24) is 8.61 Å². The molecule has 0 saturated carbocycles. The van der Waals surface area contributed by atoms with E-state index in [9.17, 15) is 8.42 Å². The van der Waals surface area contributed by atoms with Gasteiger partial charge in [-0.1, -0.05) is 23.7 Å². The van der Waals surface area contributed by atoms with Gasteiger partial charge in [0.05, 0.1) is 0 Å². The van der Waals surface area contributed by atoms with Crippen molar-refractivity contribution < 1.29 is 8.42 Å². The van der Waals surface area contributed by atoms with E-state index < -0.39 is 10.2 Å². The van der Waals surface area contributed by atoms with Gasteiger partial charge >= 0.3 is 0 Å². The van der Waals surface area contributed by atoms with Gasteiger partial charge in [0.15, 0.2) is 0 Å². The maximum absolute atomic E-state index is 12.7. The fraction of sp³-hybridized carbons (Fsp3) is 0.600. The highest BCUT2D eigenvalue weighted by molar-refractivity contribution is 7.86. The van der Waals surface area contributed by atoms with E-state index in [0.717, 1.165) is 18.4 Å². The zero-order valence-electron chi connectivity index (χ0n) is 13.1. The van der Waals surface area contributed by atoms with Gasteiger partial charge in [-0.05, 0) is 43.4 Å². The molecule has 0 amide bonds. The molecule has 22 heavy (non-hydrogen) atoms. The van der Waals surface area contributed by atoms with E-state index in [4.69, 9.17) is 17.3 Å². The molecule has 1 saturated heterocycles. The van der Waals surface area contributed by atoms with Crippen molar-refractivity contribution in [3.05, 3.63) is 34.9 Å². The lowest BCUT2D eigenvalue weighted by Crippen LogP contribution is -2.49. The molecule has 5 nitrogen and oxygen atoms in total. The molecule has 1 aliphatic heterocycles. The predicted octanol–water partition coefficient (Wildman–Crippen LogP) is 2.08. The van der Waals surface area contributed by atoms with Crippen LogP contribution in [0.4, 0.5) is 0 Å². The van der Waals surface area contributed by atoms with Gasteiger partial charge in [0.1, 0.15) is 0 Å². The van der Waals surface area contributed by atoms with Crippen LogP contribution < -0.4 is 5.73 Å². The highest BCUT2D eigenvalue weighted by Gasteiger charge is 2.32. The summed E-state index contributed by atoms with van der Waals surface area (Å²) in [6.07, 6.45) is 1.85. The standard InChI is InChI=1S/C15H24ClN3O2S/c1-12(17)14-4-3-9-19(11-14)22(20,21)18(2)10-13-5-7-15(16)8-6-13/h5-8,12,14H,3-4,9-11,17H2,1-2H3. The zero-order chi connectivity index (χ0) is 16.3. The van der Waals surface area contributed by atoms with Crippen LogP contribution in [-0.2, 0) is 16.8 Å². The van der Waals surface area contributed by atoms with Crippen LogP contribution in [0, 0.1) is 5.92 Å². The molecule has 1 heterocycles. The number of nitrogens with two attached hydrogens (primary N) is 1. The van der Waals surface area contributed by atoms with Crippen LogP contribution in [0.2, 0.25) is 5.02 Å². The fourth-order valence-corrected chi connectivity index (χ4v) is 4.31. The summed E-state index contributed by atoms with van der Waals surface area (Å²) in [7, 11) is -1.85. The van der Waals surface area contributed by atoms with Crippen molar-refractivity contribution in [3.63, 3.8) is 0 Å². The van der Waals surface area contributed by atoms with Gasteiger partial charge in [0.2, 0.25) is 0 Å². The van der Waals surface area contributed by atoms with E-state index in [1.165, 1.54) is 4.31 Å². The summed E-state index contributed by atoms with van der Waals surface area (Å²) in [5.74, 6) is 0.229. The Hall–Kier alpha value is -0.660. The molecule has 0 bridgehead atoms. The lowest BCUT2D eigenvalue weighted by molar-refractivity contribution is 0.231. The van der Waals surface area contributed by atoms with Crippen LogP contribution in [0.5, 0.6) is 0 Å². The number of nitrogens with zero attached hydrogens (tertiary/aromatic N) is 2. The second-order valence-electron chi connectivity index (χ2n) is 6.01. The fourth-order valence-electron chi connectivity index (χ4n) is 2.74. The van der Waals surface area contributed by atoms with Gasteiger partial charge in [-0.2, -0.15) is 17.0 Å². The van der Waals surface area contributed by atoms with Gasteiger partial charge < -0.3 is 5.73 Å². The van der Waals surface area contributed by atoms with Crippen molar-refractivity contribution in [3.8, 4) is 0 Å². The normalized spacial score (nSPS) is 22.0. The maximum Gasteiger partial charge on any atom is 0.282 e. The minimum atomic E-state index is -3.46. The third kappa shape index (κ3) is 4.20. The molecular weight excluding hydrogens is 322 g/mol. The van der Waals surface area contributed by atoms with Crippen molar-refractivity contribution in [1.29, 1.82) is 0 Å². The van der Waals surface area contributed by atoms with Gasteiger partial charge in [0, 0.05) is 37.7 Å². The second kappa shape index (κ2) is 7.27. The number of rotatable bonds is 5. The quantitative estimate of drug-likeness (QED) is 0.888. The summed E-state index contributed by atoms with van der Waals surface area (Å²) in [6.45, 7) is 3.35. The van der Waals surface area contributed by atoms with Crippen LogP contribution in [0.1, 0.15) is 25.3 Å². The lowest BCUT2D eigenvalue weighted by atomic mass is 9.93. The van der Waals surface area contributed by atoms with E-state index >= 15 is 0 Å². The topological polar surface area (TPSA) is 66.6 Å². The summed E-state index contributed by atoms with van der Waals surface area (Å²) >= 11 is 5.85. The molecule has 1 fully saturated rings. The third-order valence-electron chi connectivity index (χ3n) is 4.20. The van der Waals surface area contributed by atoms with Crippen LogP contribution in [-0.4, -0.2) is 43.2 Å². The van der Waals surface area contributed by atoms with E-state index in [-0.39, 0.29) is 12.0 Å². The number of hydrogen-bond acceptors (Lipinski definition) is 3. The summed E-state index contributed by atoms with van der Waals surface area (Å²) in [6, 6.07) is 7.24. The summed E-state index contributed by atoms with van der Waals surface area (Å²) in [5, 5.41) is 0.644. The first-order valence-electron chi connectivity index (χ1n) is 7.52. The van der Waals surface area contributed by atoms with Gasteiger partial charge in [-0.25, -0.2) is 0 Å². The molecule has 7 heteroatoms. The number of hydrogen-bond donors (Lipinski definition) is 1. The average molecular weight is 346 g/mol. The van der Waals surface area contributed by atoms with Crippen LogP contribution in [0.15, 0.2) is 24.3 Å². The molecule has 124 valence electrons. The first-order chi connectivity index (χ1) is 10.3. The Kier molecular flexibility index (Phi) is 5.85. The van der Waals surface area contributed by atoms with Crippen LogP contribution in [0.25, 0.3) is 0 Å². The largest absolute Gasteiger partial charge is 0.328 e. The molecule has 2 atom stereocenters. The molecule has 0 radical (unpaired) electrons. The average Bonchev–Trinajstić information content (AvgIpc) is 2.49. The Balaban J connectivity index is 2.06. The molecular formula is C15H24ClN3O2S. The van der Waals surface area contributed by atoms with Gasteiger partial charge in [0.25, 0.3) is 10.2 Å². The lowest BCUT2D eigenvalue weighted by Gasteiger charge is -2.35. The number of halogens is 1. The van der Waals surface area contributed by atoms with Gasteiger partial charge in [-0.15, -0.1) is 0 Å². The Labute approximate surface area is 138 Å². The van der Waals surface area contributed by atoms with E-state index in [1.54, 1.807) is 23.5 Å². The molecule has 2 rings (SSSR count). The molecule has 0 spiro atoms. The number of benzene rings is 1. The van der Waals surface area contributed by atoms with Crippen LogP contribution in [0.3, 0.4) is 0 Å². The monoisotopic (exact) mass is 345 g/mol. The molecule has 0 aliphatic carbocycles. The highest BCUT2D eigenvalue weighted by atomic mass is 35.5. The minimum absolute atomic E-state index is 0.0135. The Morgan fingerprint density at radius 1 is 1.41 bits per heavy atom. The Morgan fingerprint density at radius 2 is 2.05 bits per heavy atom. The molecule has 2 N–H and O–H groups in total. The van der Waals surface area contributed by atoms with Crippen molar-refractivity contribution in [2.75, 3.05) is 20.1 Å². The second-order valence-corrected chi connectivity index (χ2v) is 8.48. The zero-order valence-corrected chi connectivity index (χ0v) is 14.6. The van der Waals surface area contributed by atoms with Gasteiger partial charge in [-0.3, -0.25) is 0 Å². The summed E-state index contributed by atoms with van der Waals surface area (Å²) in [4.78, 5) is 0. The molecule has 1 aliphatic rings. The van der Waals surface area contributed by atoms with E-state index in [1.807, 2.05) is 19.1 Å².